The summed E-state index contributed by atoms with van der Waals surface area (Å²) in [6.45, 7) is 0.906. The van der Waals surface area contributed by atoms with Gasteiger partial charge < -0.3 is 10.4 Å². The maximum absolute atomic E-state index is 14.1. The molecule has 1 atom stereocenters. The summed E-state index contributed by atoms with van der Waals surface area (Å²) in [7, 11) is -3.77. The van der Waals surface area contributed by atoms with Crippen LogP contribution in [0, 0.1) is 5.82 Å². The fourth-order valence-electron chi connectivity index (χ4n) is 2.29. The van der Waals surface area contributed by atoms with Crippen LogP contribution in [0.3, 0.4) is 0 Å². The lowest BCUT2D eigenvalue weighted by molar-refractivity contribution is 0.440. The van der Waals surface area contributed by atoms with Crippen LogP contribution in [0.25, 0.3) is 0 Å². The lowest BCUT2D eigenvalue weighted by Crippen LogP contribution is -2.24. The van der Waals surface area contributed by atoms with E-state index in [9.17, 15) is 17.9 Å². The van der Waals surface area contributed by atoms with E-state index < -0.39 is 26.3 Å². The molecule has 1 aliphatic rings. The first-order valence-corrected chi connectivity index (χ1v) is 7.72. The van der Waals surface area contributed by atoms with Crippen molar-refractivity contribution in [1.82, 2.24) is 5.32 Å². The summed E-state index contributed by atoms with van der Waals surface area (Å²) >= 11 is 0. The van der Waals surface area contributed by atoms with E-state index in [1.54, 1.807) is 0 Å². The third-order valence-electron chi connectivity index (χ3n) is 3.16. The zero-order chi connectivity index (χ0) is 13.3. The zero-order valence-corrected chi connectivity index (χ0v) is 10.9. The molecular weight excluding hydrogens is 257 g/mol. The van der Waals surface area contributed by atoms with Gasteiger partial charge in [0.05, 0.1) is 0 Å². The summed E-state index contributed by atoms with van der Waals surface area (Å²) in [6.07, 6.45) is 3.33. The van der Waals surface area contributed by atoms with Gasteiger partial charge in [0, 0.05) is 12.3 Å². The van der Waals surface area contributed by atoms with Crippen molar-refractivity contribution < 1.29 is 17.9 Å². The fraction of sp³-hybridized carbons (Fsp3) is 0.500. The number of benzene rings is 1. The topological polar surface area (TPSA) is 66.4 Å². The van der Waals surface area contributed by atoms with Crippen LogP contribution in [0.1, 0.15) is 18.4 Å². The van der Waals surface area contributed by atoms with E-state index >= 15 is 0 Å². The largest absolute Gasteiger partial charge is 0.506 e. The number of halogens is 1. The molecule has 2 N–H and O–H groups in total. The third-order valence-corrected chi connectivity index (χ3v) is 4.29. The molecule has 0 spiro atoms. The highest BCUT2D eigenvalue weighted by atomic mass is 32.2. The van der Waals surface area contributed by atoms with Gasteiger partial charge in [-0.3, -0.25) is 0 Å². The first kappa shape index (κ1) is 13.3. The molecule has 1 aromatic rings. The fourth-order valence-corrected chi connectivity index (χ4v) is 3.20. The molecule has 0 amide bonds. The van der Waals surface area contributed by atoms with E-state index in [0.717, 1.165) is 25.6 Å². The zero-order valence-electron chi connectivity index (χ0n) is 10.1. The first-order valence-electron chi connectivity index (χ1n) is 5.83. The Morgan fingerprint density at radius 2 is 2.22 bits per heavy atom. The van der Waals surface area contributed by atoms with Gasteiger partial charge in [-0.1, -0.05) is 6.07 Å². The summed E-state index contributed by atoms with van der Waals surface area (Å²) < 4.78 is 37.0. The maximum atomic E-state index is 14.1. The quantitative estimate of drug-likeness (QED) is 0.869. The molecule has 0 bridgehead atoms. The van der Waals surface area contributed by atoms with Crippen molar-refractivity contribution in [2.75, 3.05) is 12.8 Å². The molecule has 100 valence electrons. The average molecular weight is 273 g/mol. The maximum Gasteiger partial charge on any atom is 0.182 e. The van der Waals surface area contributed by atoms with Crippen LogP contribution in [0.2, 0.25) is 0 Å². The highest BCUT2D eigenvalue weighted by Crippen LogP contribution is 2.29. The third kappa shape index (κ3) is 2.64. The van der Waals surface area contributed by atoms with Gasteiger partial charge in [0.2, 0.25) is 0 Å². The monoisotopic (exact) mass is 273 g/mol. The van der Waals surface area contributed by atoms with Crippen molar-refractivity contribution in [2.24, 2.45) is 0 Å². The molecule has 4 nitrogen and oxygen atoms in total. The Labute approximate surface area is 106 Å². The van der Waals surface area contributed by atoms with Crippen LogP contribution in [0.15, 0.2) is 17.0 Å². The number of hydrogen-bond acceptors (Lipinski definition) is 4. The van der Waals surface area contributed by atoms with E-state index in [2.05, 4.69) is 5.32 Å². The van der Waals surface area contributed by atoms with Crippen LogP contribution < -0.4 is 5.32 Å². The number of phenolic OH excluding ortho intramolecular Hbond substituents is 1. The first-order chi connectivity index (χ1) is 8.39. The van der Waals surface area contributed by atoms with Crippen LogP contribution in [-0.4, -0.2) is 32.4 Å². The Balaban J connectivity index is 2.38. The molecule has 0 saturated carbocycles. The number of aromatic hydroxyl groups is 1. The minimum absolute atomic E-state index is 0.177. The van der Waals surface area contributed by atoms with E-state index in [1.165, 1.54) is 12.1 Å². The Kier molecular flexibility index (Phi) is 3.59. The molecule has 6 heteroatoms. The van der Waals surface area contributed by atoms with E-state index in [4.69, 9.17) is 0 Å². The van der Waals surface area contributed by atoms with Crippen LogP contribution >= 0.6 is 0 Å². The van der Waals surface area contributed by atoms with Crippen LogP contribution in [0.5, 0.6) is 5.75 Å². The molecule has 0 radical (unpaired) electrons. The number of phenols is 1. The molecule has 18 heavy (non-hydrogen) atoms. The predicted molar refractivity (Wildman–Crippen MR) is 65.9 cm³/mol. The summed E-state index contributed by atoms with van der Waals surface area (Å²) in [5.74, 6) is -1.36. The summed E-state index contributed by atoms with van der Waals surface area (Å²) in [5, 5.41) is 12.7. The second-order valence-corrected chi connectivity index (χ2v) is 6.61. The number of rotatable bonds is 3. The molecular formula is C12H16FNO3S. The number of sulfone groups is 1. The molecule has 1 fully saturated rings. The van der Waals surface area contributed by atoms with Crippen molar-refractivity contribution in [3.8, 4) is 5.75 Å². The standard InChI is InChI=1S/C12H16FNO3S/c1-18(16,17)12-10(15)5-4-8(11(12)13)7-9-3-2-6-14-9/h4-5,9,14-15H,2-3,6-7H2,1H3. The van der Waals surface area contributed by atoms with Gasteiger partial charge in [0.15, 0.2) is 9.84 Å². The lowest BCUT2D eigenvalue weighted by atomic mass is 10.0. The highest BCUT2D eigenvalue weighted by molar-refractivity contribution is 7.90. The highest BCUT2D eigenvalue weighted by Gasteiger charge is 2.24. The molecule has 0 aliphatic carbocycles. The van der Waals surface area contributed by atoms with Gasteiger partial charge in [0.25, 0.3) is 0 Å². The number of nitrogens with one attached hydrogen (secondary N) is 1. The molecule has 1 heterocycles. The number of hydrogen-bond donors (Lipinski definition) is 2. The van der Waals surface area contributed by atoms with Crippen LogP contribution in [-0.2, 0) is 16.3 Å². The van der Waals surface area contributed by atoms with E-state index in [-0.39, 0.29) is 6.04 Å². The predicted octanol–water partition coefficient (Wildman–Crippen LogP) is 1.23. The van der Waals surface area contributed by atoms with Gasteiger partial charge in [-0.2, -0.15) is 0 Å². The Morgan fingerprint density at radius 3 is 2.78 bits per heavy atom. The molecule has 1 aliphatic heterocycles. The molecule has 1 saturated heterocycles. The molecule has 1 aromatic carbocycles. The van der Waals surface area contributed by atoms with E-state index in [1.807, 2.05) is 0 Å². The Morgan fingerprint density at radius 1 is 1.50 bits per heavy atom. The van der Waals surface area contributed by atoms with Crippen LogP contribution in [0.4, 0.5) is 4.39 Å². The van der Waals surface area contributed by atoms with Crippen molar-refractivity contribution in [3.63, 3.8) is 0 Å². The van der Waals surface area contributed by atoms with Gasteiger partial charge >= 0.3 is 0 Å². The minimum atomic E-state index is -3.77. The summed E-state index contributed by atoms with van der Waals surface area (Å²) in [5.41, 5.74) is 0.327. The van der Waals surface area contributed by atoms with Gasteiger partial charge in [0.1, 0.15) is 16.5 Å². The summed E-state index contributed by atoms with van der Waals surface area (Å²) in [6, 6.07) is 2.86. The smallest absolute Gasteiger partial charge is 0.182 e. The second-order valence-electron chi connectivity index (χ2n) is 4.66. The SMILES string of the molecule is CS(=O)(=O)c1c(O)ccc(CC2CCCN2)c1F. The van der Waals surface area contributed by atoms with Crippen molar-refractivity contribution in [3.05, 3.63) is 23.5 Å². The average Bonchev–Trinajstić information content (AvgIpc) is 2.73. The van der Waals surface area contributed by atoms with Gasteiger partial charge in [-0.25, -0.2) is 12.8 Å². The Bertz CT molecular complexity index is 551. The van der Waals surface area contributed by atoms with Gasteiger partial charge in [-0.05, 0) is 37.4 Å². The molecule has 1 unspecified atom stereocenters. The van der Waals surface area contributed by atoms with Crippen molar-refractivity contribution in [2.45, 2.75) is 30.2 Å². The molecule has 2 rings (SSSR count). The van der Waals surface area contributed by atoms with E-state index in [0.29, 0.717) is 12.0 Å². The normalized spacial score (nSPS) is 20.2. The molecule has 0 aromatic heterocycles. The lowest BCUT2D eigenvalue weighted by Gasteiger charge is -2.13. The summed E-state index contributed by atoms with van der Waals surface area (Å²) in [4.78, 5) is -0.599. The van der Waals surface area contributed by atoms with Crippen molar-refractivity contribution in [1.29, 1.82) is 0 Å². The van der Waals surface area contributed by atoms with Gasteiger partial charge in [-0.15, -0.1) is 0 Å². The Hall–Kier alpha value is -1.14. The van der Waals surface area contributed by atoms with Crippen molar-refractivity contribution >= 4 is 9.84 Å². The second kappa shape index (κ2) is 4.85. The minimum Gasteiger partial charge on any atom is -0.506 e.